The van der Waals surface area contributed by atoms with Gasteiger partial charge in [-0.05, 0) is 44.2 Å². The largest absolute Gasteiger partial charge is 0.435 e. The highest BCUT2D eigenvalue weighted by atomic mass is 35.5. The van der Waals surface area contributed by atoms with Crippen LogP contribution >= 0.6 is 11.6 Å². The maximum atomic E-state index is 6.51. The van der Waals surface area contributed by atoms with E-state index in [1.807, 2.05) is 54.6 Å². The summed E-state index contributed by atoms with van der Waals surface area (Å²) in [6.45, 7) is 6.21. The number of rotatable bonds is 6. The molecule has 0 amide bonds. The fourth-order valence-electron chi connectivity index (χ4n) is 3.49. The summed E-state index contributed by atoms with van der Waals surface area (Å²) in [5, 5.41) is 0.654. The molecule has 0 saturated heterocycles. The first kappa shape index (κ1) is 19.3. The molecule has 0 aliphatic rings. The predicted molar refractivity (Wildman–Crippen MR) is 121 cm³/mol. The van der Waals surface area contributed by atoms with Gasteiger partial charge in [-0.2, -0.15) is 0 Å². The first-order chi connectivity index (χ1) is 14.2. The van der Waals surface area contributed by atoms with E-state index in [0.29, 0.717) is 10.9 Å². The van der Waals surface area contributed by atoms with Crippen molar-refractivity contribution in [2.45, 2.75) is 13.8 Å². The van der Waals surface area contributed by atoms with E-state index in [1.165, 1.54) is 0 Å². The van der Waals surface area contributed by atoms with Gasteiger partial charge >= 0.3 is 0 Å². The molecule has 0 atom stereocenters. The Morgan fingerprint density at radius 2 is 1.52 bits per heavy atom. The van der Waals surface area contributed by atoms with Gasteiger partial charge in [-0.15, -0.1) is 0 Å². The van der Waals surface area contributed by atoms with E-state index >= 15 is 0 Å². The average molecular weight is 403 g/mol. The molecule has 0 radical (unpaired) electrons. The summed E-state index contributed by atoms with van der Waals surface area (Å²) < 4.78 is 6.31. The summed E-state index contributed by atoms with van der Waals surface area (Å²) in [5.74, 6) is 1.31. The third-order valence-corrected chi connectivity index (χ3v) is 5.34. The average Bonchev–Trinajstić information content (AvgIpc) is 3.21. The molecule has 146 valence electrons. The summed E-state index contributed by atoms with van der Waals surface area (Å²) >= 11 is 6.51. The monoisotopic (exact) mass is 402 g/mol. The lowest BCUT2D eigenvalue weighted by Crippen LogP contribution is -2.21. The van der Waals surface area contributed by atoms with Crippen LogP contribution in [-0.2, 0) is 0 Å². The fraction of sp³-hybridized carbons (Fsp3) is 0.160. The highest BCUT2D eigenvalue weighted by Crippen LogP contribution is 2.39. The molecule has 0 N–H and O–H groups in total. The number of hydrogen-bond donors (Lipinski definition) is 0. The van der Waals surface area contributed by atoms with Crippen molar-refractivity contribution in [2.24, 2.45) is 0 Å². The van der Waals surface area contributed by atoms with E-state index in [9.17, 15) is 0 Å². The van der Waals surface area contributed by atoms with Gasteiger partial charge in [0.15, 0.2) is 5.76 Å². The van der Waals surface area contributed by atoms with Gasteiger partial charge in [0.2, 0.25) is 5.89 Å². The minimum Gasteiger partial charge on any atom is -0.435 e. The number of oxazole rings is 1. The molecular formula is C25H23ClN2O. The topological polar surface area (TPSA) is 29.3 Å². The minimum atomic E-state index is 0.587. The summed E-state index contributed by atoms with van der Waals surface area (Å²) in [6, 6.07) is 26.1. The molecule has 1 aromatic heterocycles. The van der Waals surface area contributed by atoms with Crippen molar-refractivity contribution < 1.29 is 4.42 Å². The molecule has 29 heavy (non-hydrogen) atoms. The van der Waals surface area contributed by atoms with E-state index < -0.39 is 0 Å². The second-order valence-corrected chi connectivity index (χ2v) is 7.17. The second-order valence-electron chi connectivity index (χ2n) is 6.77. The van der Waals surface area contributed by atoms with Crippen molar-refractivity contribution in [2.75, 3.05) is 18.0 Å². The molecule has 4 rings (SSSR count). The van der Waals surface area contributed by atoms with Crippen molar-refractivity contribution >= 4 is 17.3 Å². The maximum Gasteiger partial charge on any atom is 0.227 e. The van der Waals surface area contributed by atoms with Crippen molar-refractivity contribution in [1.29, 1.82) is 0 Å². The van der Waals surface area contributed by atoms with Gasteiger partial charge in [-0.3, -0.25) is 0 Å². The molecule has 3 nitrogen and oxygen atoms in total. The van der Waals surface area contributed by atoms with Gasteiger partial charge in [0.05, 0.1) is 5.02 Å². The Morgan fingerprint density at radius 3 is 2.24 bits per heavy atom. The zero-order valence-corrected chi connectivity index (χ0v) is 17.4. The molecule has 0 saturated carbocycles. The van der Waals surface area contributed by atoms with Gasteiger partial charge in [-0.1, -0.05) is 60.1 Å². The summed E-state index contributed by atoms with van der Waals surface area (Å²) in [6.07, 6.45) is 0. The quantitative estimate of drug-likeness (QED) is 0.342. The zero-order chi connectivity index (χ0) is 20.2. The van der Waals surface area contributed by atoms with Crippen molar-refractivity contribution in [3.05, 3.63) is 83.9 Å². The van der Waals surface area contributed by atoms with E-state index in [0.717, 1.165) is 46.9 Å². The summed E-state index contributed by atoms with van der Waals surface area (Å²) in [5.41, 5.74) is 4.70. The van der Waals surface area contributed by atoms with Crippen LogP contribution in [0.2, 0.25) is 5.02 Å². The Kier molecular flexibility index (Phi) is 5.68. The predicted octanol–water partition coefficient (Wildman–Crippen LogP) is 7.18. The molecule has 0 fully saturated rings. The van der Waals surface area contributed by atoms with Gasteiger partial charge in [0, 0.05) is 35.5 Å². The van der Waals surface area contributed by atoms with Gasteiger partial charge in [-0.25, -0.2) is 4.98 Å². The first-order valence-corrected chi connectivity index (χ1v) is 10.3. The van der Waals surface area contributed by atoms with Crippen molar-refractivity contribution in [3.8, 4) is 34.0 Å². The lowest BCUT2D eigenvalue weighted by Gasteiger charge is -2.21. The lowest BCUT2D eigenvalue weighted by atomic mass is 10.0. The van der Waals surface area contributed by atoms with Gasteiger partial charge < -0.3 is 9.32 Å². The van der Waals surface area contributed by atoms with E-state index in [4.69, 9.17) is 21.0 Å². The summed E-state index contributed by atoms with van der Waals surface area (Å²) in [7, 11) is 0. The highest BCUT2D eigenvalue weighted by molar-refractivity contribution is 6.33. The molecule has 0 aliphatic heterocycles. The van der Waals surface area contributed by atoms with Gasteiger partial charge in [0.1, 0.15) is 5.69 Å². The molecule has 1 heterocycles. The van der Waals surface area contributed by atoms with Crippen LogP contribution in [0, 0.1) is 0 Å². The smallest absolute Gasteiger partial charge is 0.227 e. The molecule has 3 aromatic carbocycles. The molecule has 0 unspecified atom stereocenters. The van der Waals surface area contributed by atoms with Crippen LogP contribution in [-0.4, -0.2) is 18.1 Å². The van der Waals surface area contributed by atoms with Crippen LogP contribution in [0.25, 0.3) is 34.0 Å². The standard InChI is InChI=1S/C25H23ClN2O/c1-3-28(4-2)20-14-10-13-19(17-20)24-23(21-15-8-9-16-22(21)26)27-25(29-24)18-11-6-5-7-12-18/h5-17H,3-4H2,1-2H3. The Morgan fingerprint density at radius 1 is 0.828 bits per heavy atom. The van der Waals surface area contributed by atoms with Crippen LogP contribution in [0.15, 0.2) is 83.3 Å². The van der Waals surface area contributed by atoms with E-state index in [1.54, 1.807) is 0 Å². The lowest BCUT2D eigenvalue weighted by molar-refractivity contribution is 0.589. The Labute approximate surface area is 176 Å². The zero-order valence-electron chi connectivity index (χ0n) is 16.6. The minimum absolute atomic E-state index is 0.587. The normalized spacial score (nSPS) is 10.9. The van der Waals surface area contributed by atoms with Crippen LogP contribution in [0.5, 0.6) is 0 Å². The maximum absolute atomic E-state index is 6.51. The van der Waals surface area contributed by atoms with Crippen LogP contribution in [0.4, 0.5) is 5.69 Å². The van der Waals surface area contributed by atoms with Crippen molar-refractivity contribution in [1.82, 2.24) is 4.98 Å². The Hall–Kier alpha value is -3.04. The Balaban J connectivity index is 1.90. The SMILES string of the molecule is CCN(CC)c1cccc(-c2oc(-c3ccccc3)nc2-c2ccccc2Cl)c1. The second kappa shape index (κ2) is 8.54. The first-order valence-electron chi connectivity index (χ1n) is 9.87. The van der Waals surface area contributed by atoms with E-state index in [-0.39, 0.29) is 0 Å². The number of anilines is 1. The molecule has 4 heteroatoms. The Bertz CT molecular complexity index is 1100. The van der Waals surface area contributed by atoms with E-state index in [2.05, 4.69) is 43.0 Å². The molecule has 0 bridgehead atoms. The molecular weight excluding hydrogens is 380 g/mol. The summed E-state index contributed by atoms with van der Waals surface area (Å²) in [4.78, 5) is 7.15. The van der Waals surface area contributed by atoms with Gasteiger partial charge in [0.25, 0.3) is 0 Å². The molecule has 0 spiro atoms. The fourth-order valence-corrected chi connectivity index (χ4v) is 3.71. The number of nitrogens with zero attached hydrogens (tertiary/aromatic N) is 2. The number of aromatic nitrogens is 1. The molecule has 0 aliphatic carbocycles. The van der Waals surface area contributed by atoms with Crippen LogP contribution in [0.1, 0.15) is 13.8 Å². The number of benzene rings is 3. The van der Waals surface area contributed by atoms with Crippen molar-refractivity contribution in [3.63, 3.8) is 0 Å². The molecule has 4 aromatic rings. The number of hydrogen-bond acceptors (Lipinski definition) is 3. The number of halogens is 1. The van der Waals surface area contributed by atoms with Crippen LogP contribution in [0.3, 0.4) is 0 Å². The third kappa shape index (κ3) is 3.92. The third-order valence-electron chi connectivity index (χ3n) is 5.01. The highest BCUT2D eigenvalue weighted by Gasteiger charge is 2.20. The van der Waals surface area contributed by atoms with Crippen LogP contribution < -0.4 is 4.90 Å².